The minimum absolute atomic E-state index is 0.0148. The quantitative estimate of drug-likeness (QED) is 0.864. The fourth-order valence-electron chi connectivity index (χ4n) is 4.90. The van der Waals surface area contributed by atoms with E-state index in [9.17, 15) is 4.79 Å². The zero-order chi connectivity index (χ0) is 15.0. The van der Waals surface area contributed by atoms with Gasteiger partial charge in [0, 0.05) is 6.42 Å². The first kappa shape index (κ1) is 13.1. The zero-order valence-corrected chi connectivity index (χ0v) is 13.2. The SMILES string of the molecule is Cc1cc(C)c2nc(C34CCC(CC3=O)C4(C)C)[nH]c2c1. The van der Waals surface area contributed by atoms with Gasteiger partial charge in [-0.1, -0.05) is 19.9 Å². The Hall–Kier alpha value is -1.64. The van der Waals surface area contributed by atoms with Crippen LogP contribution in [0.25, 0.3) is 11.0 Å². The molecule has 2 atom stereocenters. The zero-order valence-electron chi connectivity index (χ0n) is 13.2. The average Bonchev–Trinajstić information content (AvgIpc) is 2.97. The van der Waals surface area contributed by atoms with E-state index in [0.717, 1.165) is 36.1 Å². The third-order valence-electron chi connectivity index (χ3n) is 6.22. The first-order valence-electron chi connectivity index (χ1n) is 7.87. The Kier molecular flexibility index (Phi) is 2.34. The number of rotatable bonds is 1. The van der Waals surface area contributed by atoms with Crippen molar-refractivity contribution in [2.45, 2.75) is 52.4 Å². The Balaban J connectivity index is 1.98. The maximum atomic E-state index is 12.7. The van der Waals surface area contributed by atoms with Crippen LogP contribution in [0, 0.1) is 25.2 Å². The van der Waals surface area contributed by atoms with Crippen molar-refractivity contribution in [2.24, 2.45) is 11.3 Å². The molecule has 0 spiro atoms. The molecule has 2 aliphatic rings. The molecule has 3 heteroatoms. The maximum absolute atomic E-state index is 12.7. The van der Waals surface area contributed by atoms with Crippen LogP contribution in [-0.4, -0.2) is 15.8 Å². The van der Waals surface area contributed by atoms with Gasteiger partial charge in [-0.15, -0.1) is 0 Å². The van der Waals surface area contributed by atoms with Crippen LogP contribution in [0.15, 0.2) is 12.1 Å². The Morgan fingerprint density at radius 3 is 2.67 bits per heavy atom. The van der Waals surface area contributed by atoms with Crippen LogP contribution >= 0.6 is 0 Å². The number of fused-ring (bicyclic) bond motifs is 3. The molecule has 2 aromatic rings. The topological polar surface area (TPSA) is 45.8 Å². The summed E-state index contributed by atoms with van der Waals surface area (Å²) in [5.74, 6) is 1.81. The van der Waals surface area contributed by atoms with Crippen LogP contribution in [0.3, 0.4) is 0 Å². The lowest BCUT2D eigenvalue weighted by Crippen LogP contribution is -2.41. The molecule has 2 saturated carbocycles. The van der Waals surface area contributed by atoms with Crippen LogP contribution in [-0.2, 0) is 10.2 Å². The molecule has 1 aromatic carbocycles. The number of hydrogen-bond donors (Lipinski definition) is 1. The molecule has 1 aromatic heterocycles. The smallest absolute Gasteiger partial charge is 0.147 e. The number of carbonyl (C=O) groups is 1. The van der Waals surface area contributed by atoms with Crippen molar-refractivity contribution in [3.63, 3.8) is 0 Å². The summed E-state index contributed by atoms with van der Waals surface area (Å²) in [5.41, 5.74) is 4.12. The molecular formula is C18H22N2O. The van der Waals surface area contributed by atoms with Gasteiger partial charge >= 0.3 is 0 Å². The van der Waals surface area contributed by atoms with Gasteiger partial charge in [0.25, 0.3) is 0 Å². The Bertz CT molecular complexity index is 771. The van der Waals surface area contributed by atoms with Crippen LogP contribution in [0.5, 0.6) is 0 Å². The van der Waals surface area contributed by atoms with Crippen molar-refractivity contribution in [1.29, 1.82) is 0 Å². The largest absolute Gasteiger partial charge is 0.341 e. The summed E-state index contributed by atoms with van der Waals surface area (Å²) in [6, 6.07) is 4.29. The van der Waals surface area contributed by atoms with E-state index in [1.807, 2.05) is 0 Å². The summed E-state index contributed by atoms with van der Waals surface area (Å²) < 4.78 is 0. The molecule has 0 aliphatic heterocycles. The minimum atomic E-state index is -0.392. The van der Waals surface area contributed by atoms with Crippen LogP contribution < -0.4 is 0 Å². The van der Waals surface area contributed by atoms with Crippen molar-refractivity contribution in [3.05, 3.63) is 29.1 Å². The molecule has 4 rings (SSSR count). The number of benzene rings is 1. The number of Topliss-reactive ketones (excluding diaryl/α,β-unsaturated/α-hetero) is 1. The van der Waals surface area contributed by atoms with Gasteiger partial charge in [-0.3, -0.25) is 4.79 Å². The third kappa shape index (κ3) is 1.39. The molecule has 0 saturated heterocycles. The summed E-state index contributed by atoms with van der Waals surface area (Å²) in [5, 5.41) is 0. The number of ketones is 1. The van der Waals surface area contributed by atoms with E-state index in [4.69, 9.17) is 4.98 Å². The number of H-pyrrole nitrogens is 1. The van der Waals surface area contributed by atoms with E-state index in [-0.39, 0.29) is 5.41 Å². The van der Waals surface area contributed by atoms with Crippen LogP contribution in [0.1, 0.15) is 50.1 Å². The van der Waals surface area contributed by atoms with Crippen molar-refractivity contribution in [1.82, 2.24) is 9.97 Å². The van der Waals surface area contributed by atoms with Gasteiger partial charge in [-0.05, 0) is 55.2 Å². The predicted molar refractivity (Wildman–Crippen MR) is 83.4 cm³/mol. The van der Waals surface area contributed by atoms with Gasteiger partial charge in [0.1, 0.15) is 11.6 Å². The van der Waals surface area contributed by atoms with Crippen LogP contribution in [0.4, 0.5) is 0 Å². The second kappa shape index (κ2) is 3.76. The highest BCUT2D eigenvalue weighted by Gasteiger charge is 2.66. The highest BCUT2D eigenvalue weighted by Crippen LogP contribution is 2.64. The van der Waals surface area contributed by atoms with Crippen molar-refractivity contribution in [3.8, 4) is 0 Å². The highest BCUT2D eigenvalue weighted by atomic mass is 16.1. The van der Waals surface area contributed by atoms with Crippen molar-refractivity contribution in [2.75, 3.05) is 0 Å². The standard InChI is InChI=1S/C18H22N2O/c1-10-7-11(2)15-13(8-10)19-16(20-15)18-6-5-12(9-14(18)21)17(18,3)4/h7-8,12H,5-6,9H2,1-4H3,(H,19,20). The van der Waals surface area contributed by atoms with E-state index in [2.05, 4.69) is 44.8 Å². The van der Waals surface area contributed by atoms with Crippen molar-refractivity contribution < 1.29 is 4.79 Å². The van der Waals surface area contributed by atoms with E-state index in [1.165, 1.54) is 11.1 Å². The lowest BCUT2D eigenvalue weighted by molar-refractivity contribution is -0.124. The normalized spacial score (nSPS) is 30.5. The molecule has 0 radical (unpaired) electrons. The second-order valence-corrected chi connectivity index (χ2v) is 7.55. The van der Waals surface area contributed by atoms with Gasteiger partial charge in [-0.25, -0.2) is 4.98 Å². The summed E-state index contributed by atoms with van der Waals surface area (Å²) in [6.07, 6.45) is 2.82. The van der Waals surface area contributed by atoms with Gasteiger partial charge in [0.2, 0.25) is 0 Å². The number of nitrogens with one attached hydrogen (secondary N) is 1. The number of imidazole rings is 1. The molecule has 2 fully saturated rings. The molecule has 0 amide bonds. The Morgan fingerprint density at radius 1 is 1.29 bits per heavy atom. The molecular weight excluding hydrogens is 260 g/mol. The number of aromatic amines is 1. The van der Waals surface area contributed by atoms with Gasteiger partial charge in [-0.2, -0.15) is 0 Å². The van der Waals surface area contributed by atoms with E-state index >= 15 is 0 Å². The molecule has 2 bridgehead atoms. The minimum Gasteiger partial charge on any atom is -0.341 e. The van der Waals surface area contributed by atoms with Gasteiger partial charge in [0.05, 0.1) is 16.4 Å². The van der Waals surface area contributed by atoms with E-state index < -0.39 is 5.41 Å². The fourth-order valence-corrected chi connectivity index (χ4v) is 4.90. The molecule has 2 aliphatic carbocycles. The summed E-state index contributed by atoms with van der Waals surface area (Å²) in [6.45, 7) is 8.69. The Labute approximate surface area is 125 Å². The summed E-state index contributed by atoms with van der Waals surface area (Å²) in [7, 11) is 0. The van der Waals surface area contributed by atoms with E-state index in [0.29, 0.717) is 11.7 Å². The molecule has 1 N–H and O–H groups in total. The molecule has 1 heterocycles. The number of carbonyl (C=O) groups excluding carboxylic acids is 1. The lowest BCUT2D eigenvalue weighted by Gasteiger charge is -2.34. The monoisotopic (exact) mass is 282 g/mol. The number of hydrogen-bond acceptors (Lipinski definition) is 2. The maximum Gasteiger partial charge on any atom is 0.147 e. The summed E-state index contributed by atoms with van der Waals surface area (Å²) in [4.78, 5) is 21.1. The average molecular weight is 282 g/mol. The van der Waals surface area contributed by atoms with Gasteiger partial charge < -0.3 is 4.98 Å². The molecule has 2 unspecified atom stereocenters. The van der Waals surface area contributed by atoms with Crippen molar-refractivity contribution >= 4 is 16.8 Å². The fraction of sp³-hybridized carbons (Fsp3) is 0.556. The number of aromatic nitrogens is 2. The third-order valence-corrected chi connectivity index (χ3v) is 6.22. The Morgan fingerprint density at radius 2 is 2.05 bits per heavy atom. The molecule has 3 nitrogen and oxygen atoms in total. The number of nitrogens with zero attached hydrogens (tertiary/aromatic N) is 1. The highest BCUT2D eigenvalue weighted by molar-refractivity contribution is 5.95. The molecule has 110 valence electrons. The van der Waals surface area contributed by atoms with Gasteiger partial charge in [0.15, 0.2) is 0 Å². The first-order chi connectivity index (χ1) is 9.86. The van der Waals surface area contributed by atoms with E-state index in [1.54, 1.807) is 0 Å². The second-order valence-electron chi connectivity index (χ2n) is 7.55. The molecule has 21 heavy (non-hydrogen) atoms. The first-order valence-corrected chi connectivity index (χ1v) is 7.87. The summed E-state index contributed by atoms with van der Waals surface area (Å²) >= 11 is 0. The predicted octanol–water partition coefficient (Wildman–Crippen LogP) is 3.83. The van der Waals surface area contributed by atoms with Crippen LogP contribution in [0.2, 0.25) is 0 Å². The number of aryl methyl sites for hydroxylation is 2. The lowest BCUT2D eigenvalue weighted by atomic mass is 9.68.